The lowest BCUT2D eigenvalue weighted by molar-refractivity contribution is 0.0953. The molecule has 1 N–H and O–H groups in total. The van der Waals surface area contributed by atoms with Crippen molar-refractivity contribution in [3.8, 4) is 0 Å². The van der Waals surface area contributed by atoms with Crippen molar-refractivity contribution in [2.75, 3.05) is 30.0 Å². The number of carbonyl (C=O) groups excluding carboxylic acids is 1. The van der Waals surface area contributed by atoms with Crippen LogP contribution in [0, 0.1) is 5.82 Å². The summed E-state index contributed by atoms with van der Waals surface area (Å²) in [5.74, 6) is 0.389. The molecule has 0 radical (unpaired) electrons. The van der Waals surface area contributed by atoms with E-state index >= 15 is 0 Å². The molecule has 1 fully saturated rings. The highest BCUT2D eigenvalue weighted by Gasteiger charge is 2.31. The normalized spacial score (nSPS) is 18.2. The first-order chi connectivity index (χ1) is 12.9. The molecule has 3 rings (SSSR count). The van der Waals surface area contributed by atoms with Crippen molar-refractivity contribution < 1.29 is 17.6 Å². The molecule has 1 aromatic carbocycles. The number of nitrogens with zero attached hydrogens (tertiary/aromatic N) is 2. The molecule has 8 heteroatoms. The Balaban J connectivity index is 1.55. The summed E-state index contributed by atoms with van der Waals surface area (Å²) < 4.78 is 36.8. The minimum absolute atomic E-state index is 0.0945. The number of nitrogens with one attached hydrogen (secondary N) is 1. The first-order valence-corrected chi connectivity index (χ1v) is 10.6. The van der Waals surface area contributed by atoms with Gasteiger partial charge in [-0.3, -0.25) is 4.79 Å². The van der Waals surface area contributed by atoms with E-state index in [4.69, 9.17) is 0 Å². The average molecular weight is 391 g/mol. The predicted octanol–water partition coefficient (Wildman–Crippen LogP) is 1.82. The summed E-state index contributed by atoms with van der Waals surface area (Å²) in [4.78, 5) is 18.3. The summed E-state index contributed by atoms with van der Waals surface area (Å²) in [6, 6.07) is 9.74. The second-order valence-electron chi connectivity index (χ2n) is 6.67. The van der Waals surface area contributed by atoms with E-state index in [0.29, 0.717) is 36.3 Å². The van der Waals surface area contributed by atoms with Crippen molar-refractivity contribution in [1.29, 1.82) is 0 Å². The number of hydrogen-bond donors (Lipinski definition) is 1. The molecule has 1 aliphatic heterocycles. The van der Waals surface area contributed by atoms with Crippen LogP contribution in [0.15, 0.2) is 42.6 Å². The van der Waals surface area contributed by atoms with Gasteiger partial charge in [-0.05, 0) is 36.6 Å². The lowest BCUT2D eigenvalue weighted by Gasteiger charge is -2.24. The van der Waals surface area contributed by atoms with Crippen LogP contribution < -0.4 is 10.2 Å². The first kappa shape index (κ1) is 19.3. The highest BCUT2D eigenvalue weighted by Crippen LogP contribution is 2.21. The van der Waals surface area contributed by atoms with Gasteiger partial charge in [0.15, 0.2) is 9.84 Å². The molecule has 2 heterocycles. The van der Waals surface area contributed by atoms with Crippen molar-refractivity contribution >= 4 is 21.6 Å². The number of aromatic nitrogens is 1. The molecular weight excluding hydrogens is 369 g/mol. The molecular formula is C19H22FN3O3S. The fraction of sp³-hybridized carbons (Fsp3) is 0.368. The molecule has 1 atom stereocenters. The second-order valence-corrected chi connectivity index (χ2v) is 8.90. The van der Waals surface area contributed by atoms with E-state index in [1.165, 1.54) is 12.3 Å². The molecule has 27 heavy (non-hydrogen) atoms. The lowest BCUT2D eigenvalue weighted by atomic mass is 10.1. The van der Waals surface area contributed by atoms with Crippen LogP contribution in [0.25, 0.3) is 0 Å². The topological polar surface area (TPSA) is 79.4 Å². The number of anilines is 1. The Labute approximate surface area is 158 Å². The maximum atomic E-state index is 13.6. The summed E-state index contributed by atoms with van der Waals surface area (Å²) >= 11 is 0. The van der Waals surface area contributed by atoms with E-state index in [9.17, 15) is 17.6 Å². The molecule has 1 aromatic heterocycles. The van der Waals surface area contributed by atoms with Gasteiger partial charge in [0.2, 0.25) is 0 Å². The van der Waals surface area contributed by atoms with Crippen molar-refractivity contribution in [2.24, 2.45) is 0 Å². The fourth-order valence-electron chi connectivity index (χ4n) is 3.11. The molecule has 1 saturated heterocycles. The smallest absolute Gasteiger partial charge is 0.252 e. The third-order valence-corrected chi connectivity index (χ3v) is 6.52. The Kier molecular flexibility index (Phi) is 5.74. The van der Waals surface area contributed by atoms with Crippen molar-refractivity contribution in [2.45, 2.75) is 18.9 Å². The van der Waals surface area contributed by atoms with Crippen LogP contribution in [0.3, 0.4) is 0 Å². The fourth-order valence-corrected chi connectivity index (χ4v) is 4.89. The van der Waals surface area contributed by atoms with Gasteiger partial charge < -0.3 is 10.2 Å². The lowest BCUT2D eigenvalue weighted by Crippen LogP contribution is -2.33. The van der Waals surface area contributed by atoms with Gasteiger partial charge in [0.25, 0.3) is 5.91 Å². The van der Waals surface area contributed by atoms with Crippen LogP contribution in [-0.4, -0.2) is 50.4 Å². The van der Waals surface area contributed by atoms with Crippen LogP contribution >= 0.6 is 0 Å². The number of carbonyl (C=O) groups is 1. The molecule has 0 spiro atoms. The Hall–Kier alpha value is -2.48. The average Bonchev–Trinajstić information content (AvgIpc) is 3.02. The molecule has 1 unspecified atom stereocenters. The summed E-state index contributed by atoms with van der Waals surface area (Å²) in [5.41, 5.74) is 0.958. The van der Waals surface area contributed by atoms with Crippen LogP contribution in [-0.2, 0) is 16.3 Å². The first-order valence-electron chi connectivity index (χ1n) is 8.76. The number of benzene rings is 1. The maximum absolute atomic E-state index is 13.6. The summed E-state index contributed by atoms with van der Waals surface area (Å²) in [5, 5.41) is 2.75. The highest BCUT2D eigenvalue weighted by atomic mass is 32.2. The number of rotatable bonds is 6. The standard InChI is InChI=1S/C19H22FN3O3S/c1-23(16-9-11-27(25,26)13-16)18-7-6-15(12-22-18)19(24)21-10-8-14-4-2-3-5-17(14)20/h2-7,12,16H,8-11,13H2,1H3,(H,21,24). The van der Waals surface area contributed by atoms with E-state index in [1.807, 2.05) is 11.9 Å². The van der Waals surface area contributed by atoms with Gasteiger partial charge in [0.05, 0.1) is 17.1 Å². The van der Waals surface area contributed by atoms with Crippen molar-refractivity contribution in [1.82, 2.24) is 10.3 Å². The van der Waals surface area contributed by atoms with Crippen molar-refractivity contribution in [3.05, 3.63) is 59.5 Å². The quantitative estimate of drug-likeness (QED) is 0.813. The maximum Gasteiger partial charge on any atom is 0.252 e. The van der Waals surface area contributed by atoms with Crippen LogP contribution in [0.4, 0.5) is 10.2 Å². The zero-order valence-corrected chi connectivity index (χ0v) is 15.9. The van der Waals surface area contributed by atoms with Crippen LogP contribution in [0.5, 0.6) is 0 Å². The van der Waals surface area contributed by atoms with Crippen molar-refractivity contribution in [3.63, 3.8) is 0 Å². The number of pyridine rings is 1. The summed E-state index contributed by atoms with van der Waals surface area (Å²) in [7, 11) is -1.16. The zero-order valence-electron chi connectivity index (χ0n) is 15.1. The predicted molar refractivity (Wildman–Crippen MR) is 102 cm³/mol. The molecule has 0 aliphatic carbocycles. The van der Waals surface area contributed by atoms with E-state index in [0.717, 1.165) is 0 Å². The Bertz CT molecular complexity index is 916. The van der Waals surface area contributed by atoms with Crippen LogP contribution in [0.1, 0.15) is 22.3 Å². The molecule has 2 aromatic rings. The van der Waals surface area contributed by atoms with Gasteiger partial charge in [-0.25, -0.2) is 17.8 Å². The largest absolute Gasteiger partial charge is 0.356 e. The van der Waals surface area contributed by atoms with E-state index in [1.54, 1.807) is 30.3 Å². The highest BCUT2D eigenvalue weighted by molar-refractivity contribution is 7.91. The van der Waals surface area contributed by atoms with Gasteiger partial charge in [-0.1, -0.05) is 18.2 Å². The SMILES string of the molecule is CN(c1ccc(C(=O)NCCc2ccccc2F)cn1)C1CCS(=O)(=O)C1. The van der Waals surface area contributed by atoms with Crippen LogP contribution in [0.2, 0.25) is 0 Å². The molecule has 6 nitrogen and oxygen atoms in total. The molecule has 1 aliphatic rings. The van der Waals surface area contributed by atoms with Gasteiger partial charge in [-0.2, -0.15) is 0 Å². The van der Waals surface area contributed by atoms with Gasteiger partial charge in [-0.15, -0.1) is 0 Å². The Morgan fingerprint density at radius 3 is 2.70 bits per heavy atom. The summed E-state index contributed by atoms with van der Waals surface area (Å²) in [6.45, 7) is 0.321. The minimum atomic E-state index is -2.97. The monoisotopic (exact) mass is 391 g/mol. The summed E-state index contributed by atoms with van der Waals surface area (Å²) in [6.07, 6.45) is 2.45. The van der Waals surface area contributed by atoms with Gasteiger partial charge >= 0.3 is 0 Å². The zero-order chi connectivity index (χ0) is 19.4. The molecule has 144 valence electrons. The third-order valence-electron chi connectivity index (χ3n) is 4.77. The molecule has 1 amide bonds. The van der Waals surface area contributed by atoms with E-state index < -0.39 is 9.84 Å². The van der Waals surface area contributed by atoms with Gasteiger partial charge in [0.1, 0.15) is 11.6 Å². The molecule has 0 saturated carbocycles. The van der Waals surface area contributed by atoms with Gasteiger partial charge in [0, 0.05) is 25.8 Å². The Morgan fingerprint density at radius 1 is 1.30 bits per heavy atom. The number of hydrogen-bond acceptors (Lipinski definition) is 5. The second kappa shape index (κ2) is 8.04. The number of halogens is 1. The minimum Gasteiger partial charge on any atom is -0.356 e. The number of amides is 1. The third kappa shape index (κ3) is 4.82. The molecule has 0 bridgehead atoms. The van der Waals surface area contributed by atoms with E-state index in [2.05, 4.69) is 10.3 Å². The Morgan fingerprint density at radius 2 is 2.07 bits per heavy atom. The van der Waals surface area contributed by atoms with E-state index in [-0.39, 0.29) is 29.3 Å². The number of sulfone groups is 1.